The third kappa shape index (κ3) is 2.39. The van der Waals surface area contributed by atoms with Gasteiger partial charge in [-0.1, -0.05) is 18.5 Å². The van der Waals surface area contributed by atoms with Crippen molar-refractivity contribution in [3.05, 3.63) is 16.1 Å². The summed E-state index contributed by atoms with van der Waals surface area (Å²) >= 11 is 5.86. The van der Waals surface area contributed by atoms with Crippen molar-refractivity contribution in [2.24, 2.45) is 0 Å². The number of rotatable bonds is 4. The molecule has 0 radical (unpaired) electrons. The van der Waals surface area contributed by atoms with Crippen molar-refractivity contribution < 1.29 is 35.7 Å². The van der Waals surface area contributed by atoms with Gasteiger partial charge in [-0.2, -0.15) is 0 Å². The number of nitrogens with one attached hydrogen (secondary N) is 1. The fraction of sp³-hybridized carbons (Fsp3) is 0.500. The van der Waals surface area contributed by atoms with Crippen molar-refractivity contribution in [1.29, 1.82) is 0 Å². The van der Waals surface area contributed by atoms with E-state index >= 15 is 0 Å². The predicted octanol–water partition coefficient (Wildman–Crippen LogP) is -0.804. The average Bonchev–Trinajstić information content (AvgIpc) is 2.38. The molecule has 0 fully saturated rings. The lowest BCUT2D eigenvalue weighted by molar-refractivity contribution is -0.219. The second-order valence-electron chi connectivity index (χ2n) is 5.04. The maximum Gasteiger partial charge on any atom is 0.230 e. The van der Waals surface area contributed by atoms with E-state index in [9.17, 15) is 25.5 Å². The Hall–Kier alpha value is -1.29. The van der Waals surface area contributed by atoms with Crippen LogP contribution in [0.15, 0.2) is 0 Å². The smallest absolute Gasteiger partial charge is 0.230 e. The Morgan fingerprint density at radius 1 is 1.10 bits per heavy atom. The van der Waals surface area contributed by atoms with Gasteiger partial charge in [-0.05, 0) is 11.5 Å². The maximum absolute atomic E-state index is 10.00. The molecule has 1 aromatic carbocycles. The first-order valence-corrected chi connectivity index (χ1v) is 6.49. The van der Waals surface area contributed by atoms with Crippen LogP contribution in [-0.4, -0.2) is 54.5 Å². The number of fused-ring (bicyclic) bond motifs is 1. The summed E-state index contributed by atoms with van der Waals surface area (Å²) < 4.78 is 0. The van der Waals surface area contributed by atoms with Gasteiger partial charge in [-0.15, -0.1) is 0 Å². The van der Waals surface area contributed by atoms with E-state index in [1.54, 1.807) is 6.92 Å². The van der Waals surface area contributed by atoms with E-state index in [1.165, 1.54) is 0 Å². The molecule has 0 aromatic heterocycles. The van der Waals surface area contributed by atoms with E-state index in [0.717, 1.165) is 0 Å². The number of benzene rings is 1. The van der Waals surface area contributed by atoms with E-state index in [1.807, 2.05) is 0 Å². The van der Waals surface area contributed by atoms with E-state index < -0.39 is 47.8 Å². The Labute approximate surface area is 124 Å². The molecule has 1 aliphatic rings. The Bertz CT molecular complexity index is 575. The number of aromatic hydroxyl groups is 3. The summed E-state index contributed by atoms with van der Waals surface area (Å²) in [4.78, 5) is 0. The van der Waals surface area contributed by atoms with Gasteiger partial charge in [0.05, 0.1) is 17.5 Å². The second kappa shape index (κ2) is 5.16. The highest BCUT2D eigenvalue weighted by atomic mass is 35.5. The quantitative estimate of drug-likeness (QED) is 0.265. The van der Waals surface area contributed by atoms with Crippen molar-refractivity contribution in [1.82, 2.24) is 5.32 Å². The van der Waals surface area contributed by atoms with Gasteiger partial charge >= 0.3 is 0 Å². The summed E-state index contributed by atoms with van der Waals surface area (Å²) in [7, 11) is 0. The minimum Gasteiger partial charge on any atom is -0.504 e. The lowest BCUT2D eigenvalue weighted by Crippen LogP contribution is -2.56. The molecule has 0 spiro atoms. The largest absolute Gasteiger partial charge is 0.504 e. The highest BCUT2D eigenvalue weighted by Gasteiger charge is 2.52. The van der Waals surface area contributed by atoms with E-state index in [2.05, 4.69) is 5.32 Å². The van der Waals surface area contributed by atoms with E-state index in [0.29, 0.717) is 0 Å². The lowest BCUT2D eigenvalue weighted by Gasteiger charge is -2.45. The van der Waals surface area contributed by atoms with Gasteiger partial charge in [0, 0.05) is 5.56 Å². The van der Waals surface area contributed by atoms with Crippen LogP contribution < -0.4 is 5.32 Å². The average molecular weight is 322 g/mol. The predicted molar refractivity (Wildman–Crippen MR) is 71.0 cm³/mol. The number of phenolic OH excluding ortho intramolecular Hbond substituents is 3. The van der Waals surface area contributed by atoms with Gasteiger partial charge < -0.3 is 35.7 Å². The van der Waals surface area contributed by atoms with Gasteiger partial charge in [-0.25, -0.2) is 0 Å². The van der Waals surface area contributed by atoms with Gasteiger partial charge in [0.25, 0.3) is 0 Å². The third-order valence-corrected chi connectivity index (χ3v) is 4.07. The van der Waals surface area contributed by atoms with Crippen LogP contribution in [0.1, 0.15) is 29.9 Å². The molecule has 8 N–H and O–H groups in total. The number of phenols is 3. The lowest BCUT2D eigenvalue weighted by atomic mass is 9.66. The molecule has 8 nitrogen and oxygen atoms in total. The van der Waals surface area contributed by atoms with E-state index in [-0.39, 0.29) is 16.1 Å². The third-order valence-electron chi connectivity index (χ3n) is 3.68. The summed E-state index contributed by atoms with van der Waals surface area (Å²) in [6.07, 6.45) is -1.80. The number of halogens is 1. The standard InChI is InChI=1S/C12H16ClNO7/c1-3-5-6(9(17)11(19)10(18)8(5)13)7(3)12(20,21)14-2-4(15)16/h3-4,7,14-21H,2H2,1H3. The van der Waals surface area contributed by atoms with Crippen LogP contribution in [0.2, 0.25) is 5.02 Å². The highest BCUT2D eigenvalue weighted by molar-refractivity contribution is 6.33. The summed E-state index contributed by atoms with van der Waals surface area (Å²) in [5.41, 5.74) is 0.265. The molecule has 0 bridgehead atoms. The van der Waals surface area contributed by atoms with Gasteiger partial charge in [0.1, 0.15) is 0 Å². The van der Waals surface area contributed by atoms with Crippen LogP contribution >= 0.6 is 11.6 Å². The molecule has 2 atom stereocenters. The van der Waals surface area contributed by atoms with Crippen LogP contribution in [0, 0.1) is 0 Å². The van der Waals surface area contributed by atoms with Crippen LogP contribution in [0.5, 0.6) is 17.2 Å². The molecule has 0 amide bonds. The number of hydrogen-bond acceptors (Lipinski definition) is 8. The zero-order valence-corrected chi connectivity index (χ0v) is 11.7. The molecule has 9 heteroatoms. The Morgan fingerprint density at radius 2 is 1.67 bits per heavy atom. The van der Waals surface area contributed by atoms with Crippen LogP contribution in [0.4, 0.5) is 0 Å². The molecule has 2 unspecified atom stereocenters. The molecule has 118 valence electrons. The first-order valence-electron chi connectivity index (χ1n) is 6.11. The Balaban J connectivity index is 2.43. The minimum atomic E-state index is -2.57. The fourth-order valence-electron chi connectivity index (χ4n) is 2.70. The van der Waals surface area contributed by atoms with Crippen molar-refractivity contribution in [3.63, 3.8) is 0 Å². The normalized spacial score (nSPS) is 21.3. The van der Waals surface area contributed by atoms with Crippen molar-refractivity contribution in [3.8, 4) is 17.2 Å². The van der Waals surface area contributed by atoms with Crippen LogP contribution in [0.25, 0.3) is 0 Å². The topological polar surface area (TPSA) is 154 Å². The van der Waals surface area contributed by atoms with Crippen molar-refractivity contribution in [2.75, 3.05) is 6.54 Å². The summed E-state index contributed by atoms with van der Waals surface area (Å²) in [5.74, 6) is -6.46. The zero-order valence-electron chi connectivity index (χ0n) is 10.9. The SMILES string of the molecule is CC1c2c(Cl)c(O)c(O)c(O)c2C1C(O)(O)NCC(O)O. The molecule has 1 aromatic rings. The maximum atomic E-state index is 10.00. The Morgan fingerprint density at radius 3 is 2.19 bits per heavy atom. The van der Waals surface area contributed by atoms with Gasteiger partial charge in [-0.3, -0.25) is 5.32 Å². The molecule has 1 aliphatic carbocycles. The van der Waals surface area contributed by atoms with Crippen molar-refractivity contribution >= 4 is 11.6 Å². The molecule has 2 rings (SSSR count). The molecule has 21 heavy (non-hydrogen) atoms. The minimum absolute atomic E-state index is 0.0206. The summed E-state index contributed by atoms with van der Waals surface area (Å²) in [5, 5.41) is 68.4. The summed E-state index contributed by atoms with van der Waals surface area (Å²) in [6, 6.07) is 0. The first-order chi connectivity index (χ1) is 9.59. The Kier molecular flexibility index (Phi) is 3.96. The molecule has 0 saturated heterocycles. The van der Waals surface area contributed by atoms with E-state index in [4.69, 9.17) is 21.8 Å². The van der Waals surface area contributed by atoms with Gasteiger partial charge in [0.15, 0.2) is 17.8 Å². The molecule has 0 heterocycles. The second-order valence-corrected chi connectivity index (χ2v) is 5.42. The molecular weight excluding hydrogens is 306 g/mol. The highest BCUT2D eigenvalue weighted by Crippen LogP contribution is 2.61. The van der Waals surface area contributed by atoms with Crippen molar-refractivity contribution in [2.45, 2.75) is 31.0 Å². The first kappa shape index (κ1) is 16.1. The molecule has 0 aliphatic heterocycles. The van der Waals surface area contributed by atoms with Crippen LogP contribution in [0.3, 0.4) is 0 Å². The summed E-state index contributed by atoms with van der Waals surface area (Å²) in [6.45, 7) is 1.05. The molecule has 0 saturated carbocycles. The fourth-order valence-corrected chi connectivity index (χ4v) is 3.06. The monoisotopic (exact) mass is 321 g/mol. The number of aliphatic hydroxyl groups is 4. The van der Waals surface area contributed by atoms with Gasteiger partial charge in [0.2, 0.25) is 11.7 Å². The van der Waals surface area contributed by atoms with Crippen LogP contribution in [-0.2, 0) is 0 Å². The number of hydrogen-bond donors (Lipinski definition) is 8. The zero-order chi connectivity index (χ0) is 16.1. The number of aliphatic hydroxyl groups excluding tert-OH is 1. The molecular formula is C12H16ClNO7.